The van der Waals surface area contributed by atoms with Gasteiger partial charge < -0.3 is 0 Å². The summed E-state index contributed by atoms with van der Waals surface area (Å²) >= 11 is 0. The number of carbonyl (C=O) groups excluding carboxylic acids is 3. The quantitative estimate of drug-likeness (QED) is 0.838. The van der Waals surface area contributed by atoms with Crippen molar-refractivity contribution in [2.45, 2.75) is 6.42 Å². The van der Waals surface area contributed by atoms with Crippen molar-refractivity contribution in [1.82, 2.24) is 10.3 Å². The topological polar surface area (TPSA) is 79.4 Å². The Morgan fingerprint density at radius 2 is 2.10 bits per heavy atom. The molecule has 3 amide bonds. The standard InChI is InChI=1S/C14H11N3O3/c18-8-9-4-6-15-13-10(9)2-1-3-11(13)17-7-5-12(19)16-14(17)20/h1-4,6,8H,5,7H2,(H,16,19,20). The summed E-state index contributed by atoms with van der Waals surface area (Å²) in [6.07, 6.45) is 2.53. The number of rotatable bonds is 2. The molecule has 6 nitrogen and oxygen atoms in total. The highest BCUT2D eigenvalue weighted by Crippen LogP contribution is 2.27. The highest BCUT2D eigenvalue weighted by molar-refractivity contribution is 6.10. The number of hydrogen-bond acceptors (Lipinski definition) is 4. The van der Waals surface area contributed by atoms with Crippen LogP contribution in [-0.2, 0) is 4.79 Å². The van der Waals surface area contributed by atoms with Gasteiger partial charge in [0.15, 0.2) is 6.29 Å². The van der Waals surface area contributed by atoms with E-state index in [1.165, 1.54) is 11.1 Å². The monoisotopic (exact) mass is 269 g/mol. The molecule has 3 rings (SSSR count). The van der Waals surface area contributed by atoms with Gasteiger partial charge in [0.25, 0.3) is 0 Å². The Balaban J connectivity index is 2.15. The summed E-state index contributed by atoms with van der Waals surface area (Å²) in [6.45, 7) is 0.302. The van der Waals surface area contributed by atoms with Crippen LogP contribution in [0.5, 0.6) is 0 Å². The number of para-hydroxylation sites is 1. The molecule has 2 heterocycles. The molecule has 1 N–H and O–H groups in total. The number of carbonyl (C=O) groups is 3. The lowest BCUT2D eigenvalue weighted by Crippen LogP contribution is -2.49. The second kappa shape index (κ2) is 4.73. The zero-order valence-corrected chi connectivity index (χ0v) is 10.5. The summed E-state index contributed by atoms with van der Waals surface area (Å²) in [4.78, 5) is 39.9. The number of benzene rings is 1. The number of fused-ring (bicyclic) bond motifs is 1. The van der Waals surface area contributed by atoms with Gasteiger partial charge in [0.05, 0.1) is 11.2 Å². The maximum absolute atomic E-state index is 11.9. The molecule has 0 unspecified atom stereocenters. The number of imide groups is 1. The van der Waals surface area contributed by atoms with E-state index in [-0.39, 0.29) is 12.3 Å². The average Bonchev–Trinajstić information content (AvgIpc) is 2.46. The fourth-order valence-electron chi connectivity index (χ4n) is 2.30. The van der Waals surface area contributed by atoms with Gasteiger partial charge in [-0.25, -0.2) is 4.79 Å². The van der Waals surface area contributed by atoms with Crippen molar-refractivity contribution in [3.05, 3.63) is 36.0 Å². The first-order chi connectivity index (χ1) is 9.70. The van der Waals surface area contributed by atoms with E-state index in [4.69, 9.17) is 0 Å². The molecule has 1 aliphatic heterocycles. The van der Waals surface area contributed by atoms with Gasteiger partial charge in [-0.2, -0.15) is 0 Å². The molecular formula is C14H11N3O3. The number of nitrogens with one attached hydrogen (secondary N) is 1. The molecule has 0 aliphatic carbocycles. The van der Waals surface area contributed by atoms with Gasteiger partial charge in [0.2, 0.25) is 5.91 Å². The van der Waals surface area contributed by atoms with Crippen LogP contribution in [0.1, 0.15) is 16.8 Å². The predicted octanol–water partition coefficient (Wildman–Crippen LogP) is 1.49. The van der Waals surface area contributed by atoms with Crippen molar-refractivity contribution in [1.29, 1.82) is 0 Å². The Morgan fingerprint density at radius 1 is 1.25 bits per heavy atom. The van der Waals surface area contributed by atoms with Crippen LogP contribution in [0.3, 0.4) is 0 Å². The minimum absolute atomic E-state index is 0.246. The third-order valence-electron chi connectivity index (χ3n) is 3.26. The summed E-state index contributed by atoms with van der Waals surface area (Å²) in [5, 5.41) is 2.96. The molecule has 100 valence electrons. The molecule has 0 saturated carbocycles. The molecule has 1 aliphatic rings. The van der Waals surface area contributed by atoms with Crippen molar-refractivity contribution in [2.75, 3.05) is 11.4 Å². The lowest BCUT2D eigenvalue weighted by molar-refractivity contribution is -0.120. The van der Waals surface area contributed by atoms with Crippen molar-refractivity contribution in [2.24, 2.45) is 0 Å². The third-order valence-corrected chi connectivity index (χ3v) is 3.26. The van der Waals surface area contributed by atoms with Crippen LogP contribution in [0.15, 0.2) is 30.5 Å². The van der Waals surface area contributed by atoms with Crippen LogP contribution in [0, 0.1) is 0 Å². The maximum Gasteiger partial charge on any atom is 0.328 e. The molecule has 0 radical (unpaired) electrons. The minimum Gasteiger partial charge on any atom is -0.298 e. The van der Waals surface area contributed by atoms with E-state index in [2.05, 4.69) is 10.3 Å². The lowest BCUT2D eigenvalue weighted by Gasteiger charge is -2.27. The SMILES string of the molecule is O=Cc1ccnc2c(N3CCC(=O)NC3=O)cccc12. The van der Waals surface area contributed by atoms with Gasteiger partial charge >= 0.3 is 6.03 Å². The van der Waals surface area contributed by atoms with Crippen LogP contribution in [-0.4, -0.2) is 29.8 Å². The van der Waals surface area contributed by atoms with Gasteiger partial charge in [-0.3, -0.25) is 24.8 Å². The molecule has 0 spiro atoms. The number of amides is 3. The van der Waals surface area contributed by atoms with Crippen LogP contribution in [0.2, 0.25) is 0 Å². The fraction of sp³-hybridized carbons (Fsp3) is 0.143. The van der Waals surface area contributed by atoms with E-state index in [9.17, 15) is 14.4 Å². The number of nitrogens with zero attached hydrogens (tertiary/aromatic N) is 2. The molecule has 2 aromatic rings. The number of pyridine rings is 1. The Bertz CT molecular complexity index is 727. The summed E-state index contributed by atoms with van der Waals surface area (Å²) < 4.78 is 0. The van der Waals surface area contributed by atoms with E-state index in [1.807, 2.05) is 0 Å². The molecule has 1 aromatic carbocycles. The molecule has 1 saturated heterocycles. The molecule has 0 atom stereocenters. The fourth-order valence-corrected chi connectivity index (χ4v) is 2.30. The average molecular weight is 269 g/mol. The van der Waals surface area contributed by atoms with Gasteiger partial charge in [-0.1, -0.05) is 12.1 Å². The Labute approximate surface area is 114 Å². The van der Waals surface area contributed by atoms with E-state index in [0.29, 0.717) is 28.7 Å². The lowest BCUT2D eigenvalue weighted by atomic mass is 10.1. The van der Waals surface area contributed by atoms with Crippen molar-refractivity contribution in [3.8, 4) is 0 Å². The highest BCUT2D eigenvalue weighted by Gasteiger charge is 2.25. The Kier molecular flexibility index (Phi) is 2.90. The largest absolute Gasteiger partial charge is 0.328 e. The van der Waals surface area contributed by atoms with Gasteiger partial charge in [0.1, 0.15) is 0 Å². The first kappa shape index (κ1) is 12.3. The predicted molar refractivity (Wildman–Crippen MR) is 72.6 cm³/mol. The summed E-state index contributed by atoms with van der Waals surface area (Å²) in [5.74, 6) is -0.284. The van der Waals surface area contributed by atoms with Crippen LogP contribution in [0.4, 0.5) is 10.5 Å². The van der Waals surface area contributed by atoms with Crippen molar-refractivity contribution in [3.63, 3.8) is 0 Å². The normalized spacial score (nSPS) is 15.3. The number of aromatic nitrogens is 1. The molecular weight excluding hydrogens is 258 g/mol. The molecule has 6 heteroatoms. The number of aldehydes is 1. The molecule has 20 heavy (non-hydrogen) atoms. The van der Waals surface area contributed by atoms with Crippen LogP contribution in [0.25, 0.3) is 10.9 Å². The molecule has 1 aromatic heterocycles. The number of hydrogen-bond donors (Lipinski definition) is 1. The van der Waals surface area contributed by atoms with E-state index < -0.39 is 6.03 Å². The zero-order chi connectivity index (χ0) is 14.1. The van der Waals surface area contributed by atoms with Crippen LogP contribution < -0.4 is 10.2 Å². The third kappa shape index (κ3) is 1.91. The second-order valence-corrected chi connectivity index (χ2v) is 4.45. The Morgan fingerprint density at radius 3 is 2.85 bits per heavy atom. The van der Waals surface area contributed by atoms with E-state index in [1.54, 1.807) is 24.3 Å². The first-order valence-corrected chi connectivity index (χ1v) is 6.15. The smallest absolute Gasteiger partial charge is 0.298 e. The van der Waals surface area contributed by atoms with Gasteiger partial charge in [0, 0.05) is 30.1 Å². The van der Waals surface area contributed by atoms with Crippen molar-refractivity contribution < 1.29 is 14.4 Å². The first-order valence-electron chi connectivity index (χ1n) is 6.15. The van der Waals surface area contributed by atoms with Gasteiger partial charge in [-0.15, -0.1) is 0 Å². The second-order valence-electron chi connectivity index (χ2n) is 4.45. The number of urea groups is 1. The summed E-state index contributed by atoms with van der Waals surface area (Å²) in [6, 6.07) is 6.45. The van der Waals surface area contributed by atoms with Crippen molar-refractivity contribution >= 4 is 34.8 Å². The molecule has 1 fully saturated rings. The Hall–Kier alpha value is -2.76. The van der Waals surface area contributed by atoms with Gasteiger partial charge in [-0.05, 0) is 12.1 Å². The minimum atomic E-state index is -0.466. The van der Waals surface area contributed by atoms with E-state index >= 15 is 0 Å². The molecule has 0 bridgehead atoms. The summed E-state index contributed by atoms with van der Waals surface area (Å²) in [5.41, 5.74) is 1.68. The summed E-state index contributed by atoms with van der Waals surface area (Å²) in [7, 11) is 0. The maximum atomic E-state index is 11.9. The highest BCUT2D eigenvalue weighted by atomic mass is 16.2. The van der Waals surface area contributed by atoms with E-state index in [0.717, 1.165) is 6.29 Å². The zero-order valence-electron chi connectivity index (χ0n) is 10.5. The van der Waals surface area contributed by atoms with Crippen LogP contribution >= 0.6 is 0 Å². The number of anilines is 1.